The SMILES string of the molecule is COc1ccc(S(=O)(=O)N2CCC[C@H](C(=O)N3c4ccccc4C[C@@H]3C)C2)cc1Cl. The molecule has 0 saturated carbocycles. The molecule has 1 saturated heterocycles. The molecule has 2 aliphatic rings. The molecule has 0 unspecified atom stereocenters. The number of hydrogen-bond acceptors (Lipinski definition) is 4. The van der Waals surface area contributed by atoms with Crippen LogP contribution in [0.1, 0.15) is 25.3 Å². The van der Waals surface area contributed by atoms with Gasteiger partial charge in [-0.3, -0.25) is 4.79 Å². The average molecular weight is 449 g/mol. The second kappa shape index (κ2) is 8.21. The Morgan fingerprint density at radius 2 is 1.97 bits per heavy atom. The van der Waals surface area contributed by atoms with Crippen molar-refractivity contribution >= 4 is 33.2 Å². The maximum Gasteiger partial charge on any atom is 0.243 e. The first-order chi connectivity index (χ1) is 14.3. The fourth-order valence-corrected chi connectivity index (χ4v) is 6.29. The predicted molar refractivity (Wildman–Crippen MR) is 117 cm³/mol. The number of sulfonamides is 1. The molecule has 0 N–H and O–H groups in total. The summed E-state index contributed by atoms with van der Waals surface area (Å²) in [6.07, 6.45) is 2.14. The summed E-state index contributed by atoms with van der Waals surface area (Å²) < 4.78 is 32.9. The zero-order valence-corrected chi connectivity index (χ0v) is 18.6. The highest BCUT2D eigenvalue weighted by Crippen LogP contribution is 2.35. The number of hydrogen-bond donors (Lipinski definition) is 0. The number of rotatable bonds is 4. The summed E-state index contributed by atoms with van der Waals surface area (Å²) in [6.45, 7) is 2.60. The first kappa shape index (κ1) is 21.2. The number of ether oxygens (including phenoxy) is 1. The summed E-state index contributed by atoms with van der Waals surface area (Å²) in [4.78, 5) is 15.3. The molecule has 2 heterocycles. The third kappa shape index (κ3) is 3.70. The molecular weight excluding hydrogens is 424 g/mol. The van der Waals surface area contributed by atoms with Crippen molar-refractivity contribution < 1.29 is 17.9 Å². The van der Waals surface area contributed by atoms with E-state index < -0.39 is 10.0 Å². The molecule has 2 aliphatic heterocycles. The number of amides is 1. The van der Waals surface area contributed by atoms with E-state index in [1.807, 2.05) is 36.1 Å². The molecule has 4 rings (SSSR count). The molecule has 2 aromatic carbocycles. The molecule has 1 fully saturated rings. The van der Waals surface area contributed by atoms with E-state index in [1.165, 1.54) is 23.5 Å². The number of fused-ring (bicyclic) bond motifs is 1. The largest absolute Gasteiger partial charge is 0.495 e. The van der Waals surface area contributed by atoms with Crippen molar-refractivity contribution in [3.8, 4) is 5.75 Å². The maximum absolute atomic E-state index is 13.4. The van der Waals surface area contributed by atoms with Crippen molar-refractivity contribution in [1.82, 2.24) is 4.31 Å². The van der Waals surface area contributed by atoms with E-state index in [0.29, 0.717) is 25.1 Å². The Bertz CT molecular complexity index is 1070. The minimum absolute atomic E-state index is 0.000105. The van der Waals surface area contributed by atoms with Gasteiger partial charge in [0.15, 0.2) is 0 Å². The van der Waals surface area contributed by atoms with E-state index in [9.17, 15) is 13.2 Å². The van der Waals surface area contributed by atoms with Crippen LogP contribution in [0.3, 0.4) is 0 Å². The van der Waals surface area contributed by atoms with Gasteiger partial charge < -0.3 is 9.64 Å². The van der Waals surface area contributed by atoms with Gasteiger partial charge in [0.2, 0.25) is 15.9 Å². The number of carbonyl (C=O) groups excluding carboxylic acids is 1. The minimum Gasteiger partial charge on any atom is -0.495 e. The van der Waals surface area contributed by atoms with Crippen LogP contribution < -0.4 is 9.64 Å². The molecule has 0 radical (unpaired) electrons. The lowest BCUT2D eigenvalue weighted by molar-refractivity contribution is -0.123. The van der Waals surface area contributed by atoms with Gasteiger partial charge in [-0.05, 0) is 56.0 Å². The van der Waals surface area contributed by atoms with Crippen molar-refractivity contribution in [2.24, 2.45) is 5.92 Å². The van der Waals surface area contributed by atoms with E-state index in [4.69, 9.17) is 16.3 Å². The number of anilines is 1. The molecular formula is C22H25ClN2O4S. The van der Waals surface area contributed by atoms with E-state index in [2.05, 4.69) is 0 Å². The third-order valence-corrected chi connectivity index (χ3v) is 8.10. The fourth-order valence-electron chi connectivity index (χ4n) is 4.42. The number of halogens is 1. The zero-order chi connectivity index (χ0) is 21.5. The van der Waals surface area contributed by atoms with E-state index in [-0.39, 0.29) is 34.3 Å². The Hall–Kier alpha value is -2.09. The molecule has 160 valence electrons. The number of carbonyl (C=O) groups is 1. The molecule has 0 spiro atoms. The van der Waals surface area contributed by atoms with E-state index in [0.717, 1.165) is 17.7 Å². The topological polar surface area (TPSA) is 66.9 Å². The van der Waals surface area contributed by atoms with Crippen LogP contribution in [0.15, 0.2) is 47.4 Å². The molecule has 0 bridgehead atoms. The summed E-state index contributed by atoms with van der Waals surface area (Å²) >= 11 is 6.13. The van der Waals surface area contributed by atoms with Gasteiger partial charge in [0.25, 0.3) is 0 Å². The molecule has 0 aromatic heterocycles. The van der Waals surface area contributed by atoms with Crippen LogP contribution >= 0.6 is 11.6 Å². The predicted octanol–water partition coefficient (Wildman–Crippen LogP) is 3.73. The van der Waals surface area contributed by atoms with Crippen molar-refractivity contribution in [3.63, 3.8) is 0 Å². The standard InChI is InChI=1S/C22H25ClN2O4S/c1-15-12-16-6-3-4-8-20(16)25(15)22(26)17-7-5-11-24(14-17)30(27,28)18-9-10-21(29-2)19(23)13-18/h3-4,6,8-10,13,15,17H,5,7,11-12,14H2,1-2H3/t15-,17-/m0/s1. The highest BCUT2D eigenvalue weighted by Gasteiger charge is 2.39. The number of methoxy groups -OCH3 is 1. The minimum atomic E-state index is -3.75. The third-order valence-electron chi connectivity index (χ3n) is 5.94. The average Bonchev–Trinajstić information content (AvgIpc) is 3.08. The highest BCUT2D eigenvalue weighted by molar-refractivity contribution is 7.89. The number of piperidine rings is 1. The van der Waals surface area contributed by atoms with Gasteiger partial charge in [0.1, 0.15) is 5.75 Å². The lowest BCUT2D eigenvalue weighted by Gasteiger charge is -2.34. The molecule has 30 heavy (non-hydrogen) atoms. The van der Waals surface area contributed by atoms with Crippen LogP contribution in [0.4, 0.5) is 5.69 Å². The van der Waals surface area contributed by atoms with Gasteiger partial charge >= 0.3 is 0 Å². The van der Waals surface area contributed by atoms with E-state index >= 15 is 0 Å². The van der Waals surface area contributed by atoms with Crippen LogP contribution in [0, 0.1) is 5.92 Å². The molecule has 8 heteroatoms. The second-order valence-corrected chi connectivity index (χ2v) is 10.2. The lowest BCUT2D eigenvalue weighted by Crippen LogP contribution is -2.48. The Balaban J connectivity index is 1.56. The first-order valence-electron chi connectivity index (χ1n) is 10.1. The number of nitrogens with zero attached hydrogens (tertiary/aromatic N) is 2. The van der Waals surface area contributed by atoms with Crippen LogP contribution in [-0.2, 0) is 21.2 Å². The quantitative estimate of drug-likeness (QED) is 0.714. The molecule has 2 atom stereocenters. The van der Waals surface area contributed by atoms with Gasteiger partial charge in [-0.2, -0.15) is 4.31 Å². The summed E-state index contributed by atoms with van der Waals surface area (Å²) in [5, 5.41) is 0.241. The number of benzene rings is 2. The van der Waals surface area contributed by atoms with Gasteiger partial charge in [-0.15, -0.1) is 0 Å². The van der Waals surface area contributed by atoms with E-state index in [1.54, 1.807) is 6.07 Å². The molecule has 2 aromatic rings. The smallest absolute Gasteiger partial charge is 0.243 e. The first-order valence-corrected chi connectivity index (χ1v) is 11.9. The van der Waals surface area contributed by atoms with Crippen molar-refractivity contribution in [2.45, 2.75) is 37.1 Å². The van der Waals surface area contributed by atoms with Crippen LogP contribution in [0.25, 0.3) is 0 Å². The Labute approximate surface area is 182 Å². The van der Waals surface area contributed by atoms with Gasteiger partial charge in [-0.1, -0.05) is 29.8 Å². The molecule has 6 nitrogen and oxygen atoms in total. The van der Waals surface area contributed by atoms with Crippen molar-refractivity contribution in [3.05, 3.63) is 53.1 Å². The Kier molecular flexibility index (Phi) is 5.79. The summed E-state index contributed by atoms with van der Waals surface area (Å²) in [6, 6.07) is 12.4. The van der Waals surface area contributed by atoms with Crippen molar-refractivity contribution in [1.29, 1.82) is 0 Å². The summed E-state index contributed by atoms with van der Waals surface area (Å²) in [5.74, 6) is 0.0555. The van der Waals surface area contributed by atoms with Crippen LogP contribution in [-0.4, -0.2) is 44.9 Å². The maximum atomic E-state index is 13.4. The summed E-state index contributed by atoms with van der Waals surface area (Å²) in [5.41, 5.74) is 2.10. The van der Waals surface area contributed by atoms with Crippen LogP contribution in [0.5, 0.6) is 5.75 Å². The monoisotopic (exact) mass is 448 g/mol. The molecule has 1 amide bonds. The lowest BCUT2D eigenvalue weighted by atomic mass is 9.97. The second-order valence-electron chi connectivity index (χ2n) is 7.89. The number of para-hydroxylation sites is 1. The Morgan fingerprint density at radius 3 is 2.70 bits per heavy atom. The Morgan fingerprint density at radius 1 is 1.20 bits per heavy atom. The zero-order valence-electron chi connectivity index (χ0n) is 17.0. The highest BCUT2D eigenvalue weighted by atomic mass is 35.5. The molecule has 0 aliphatic carbocycles. The normalized spacial score (nSPS) is 22.0. The van der Waals surface area contributed by atoms with Gasteiger partial charge in [0.05, 0.1) is 22.9 Å². The van der Waals surface area contributed by atoms with Crippen LogP contribution in [0.2, 0.25) is 5.02 Å². The fraction of sp³-hybridized carbons (Fsp3) is 0.409. The van der Waals surface area contributed by atoms with Gasteiger partial charge in [-0.25, -0.2) is 8.42 Å². The van der Waals surface area contributed by atoms with Gasteiger partial charge in [0, 0.05) is 24.8 Å². The van der Waals surface area contributed by atoms with Crippen molar-refractivity contribution in [2.75, 3.05) is 25.1 Å². The summed E-state index contributed by atoms with van der Waals surface area (Å²) in [7, 11) is -2.27.